The maximum Gasteiger partial charge on any atom is 0.146 e. The lowest BCUT2D eigenvalue weighted by molar-refractivity contribution is 0.267. The fourth-order valence-electron chi connectivity index (χ4n) is 2.03. The first-order chi connectivity index (χ1) is 10.1. The first-order valence-corrected chi connectivity index (χ1v) is 8.58. The summed E-state index contributed by atoms with van der Waals surface area (Å²) in [5.41, 5.74) is 4.15. The molecule has 0 N–H and O–H groups in total. The summed E-state index contributed by atoms with van der Waals surface area (Å²) in [4.78, 5) is 0. The fourth-order valence-corrected chi connectivity index (χ4v) is 2.03. The van der Waals surface area contributed by atoms with Crippen molar-refractivity contribution in [1.82, 2.24) is 0 Å². The molecule has 2 aromatic carbocycles. The summed E-state index contributed by atoms with van der Waals surface area (Å²) in [7, 11) is 0.873. The Bertz CT molecular complexity index is 508. The Morgan fingerprint density at radius 2 is 1.43 bits per heavy atom. The van der Waals surface area contributed by atoms with Crippen LogP contribution >= 0.6 is 0 Å². The molecule has 0 aliphatic rings. The van der Waals surface area contributed by atoms with Crippen LogP contribution in [0, 0.1) is 0 Å². The summed E-state index contributed by atoms with van der Waals surface area (Å²) in [5, 5.41) is 0. The van der Waals surface area contributed by atoms with Gasteiger partial charge in [0.05, 0.1) is 0 Å². The van der Waals surface area contributed by atoms with Gasteiger partial charge < -0.3 is 4.43 Å². The number of hydrogen-bond acceptors (Lipinski definition) is 1. The molecule has 1 atom stereocenters. The third-order valence-corrected chi connectivity index (χ3v) is 4.60. The van der Waals surface area contributed by atoms with E-state index in [2.05, 4.69) is 68.4 Å². The van der Waals surface area contributed by atoms with Gasteiger partial charge in [-0.2, -0.15) is 0 Å². The monoisotopic (exact) mass is 300 g/mol. The third-order valence-electron chi connectivity index (χ3n) is 3.66. The van der Waals surface area contributed by atoms with Crippen molar-refractivity contribution in [3.8, 4) is 11.1 Å². The van der Waals surface area contributed by atoms with Gasteiger partial charge in [-0.25, -0.2) is 0 Å². The summed E-state index contributed by atoms with van der Waals surface area (Å²) < 4.78 is 4.89. The highest BCUT2D eigenvalue weighted by Crippen LogP contribution is 2.30. The molecule has 114 valence electrons. The highest BCUT2D eigenvalue weighted by Gasteiger charge is 2.09. The van der Waals surface area contributed by atoms with Crippen LogP contribution in [0.1, 0.15) is 45.6 Å². The predicted molar refractivity (Wildman–Crippen MR) is 96.7 cm³/mol. The minimum atomic E-state index is 0.446. The van der Waals surface area contributed by atoms with E-state index in [1.807, 2.05) is 13.8 Å². The van der Waals surface area contributed by atoms with Gasteiger partial charge >= 0.3 is 0 Å². The van der Waals surface area contributed by atoms with Crippen LogP contribution in [0.3, 0.4) is 0 Å². The summed E-state index contributed by atoms with van der Waals surface area (Å²) >= 11 is 0. The maximum atomic E-state index is 4.89. The van der Waals surface area contributed by atoms with Gasteiger partial charge in [-0.05, 0) is 42.9 Å². The fraction of sp³-hybridized carbons (Fsp3) is 0.368. The zero-order valence-corrected chi connectivity index (χ0v) is 16.0. The van der Waals surface area contributed by atoms with E-state index >= 15 is 0 Å². The maximum absolute atomic E-state index is 4.89. The van der Waals surface area contributed by atoms with Crippen LogP contribution in [0.25, 0.3) is 11.1 Å². The molecule has 0 fully saturated rings. The third kappa shape index (κ3) is 5.86. The standard InChI is InChI=1S/C16H18.C3H10OSi/c1-3-13(2)15-11-7-8-12-16(15)14-9-5-4-6-10-14;1-3(2)4-5/h4-13H,3H2,1-2H3;3H,1-2,5H3. The van der Waals surface area contributed by atoms with Crippen molar-refractivity contribution in [1.29, 1.82) is 0 Å². The van der Waals surface area contributed by atoms with E-state index in [1.165, 1.54) is 23.1 Å². The first kappa shape index (κ1) is 17.7. The van der Waals surface area contributed by atoms with E-state index in [0.717, 1.165) is 10.5 Å². The predicted octanol–water partition coefficient (Wildman–Crippen LogP) is 4.56. The molecule has 1 unspecified atom stereocenters. The molecule has 0 saturated heterocycles. The van der Waals surface area contributed by atoms with Gasteiger partial charge in [0.25, 0.3) is 0 Å². The Labute approximate surface area is 132 Å². The molecule has 0 radical (unpaired) electrons. The average Bonchev–Trinajstić information content (AvgIpc) is 2.55. The van der Waals surface area contributed by atoms with E-state index in [9.17, 15) is 0 Å². The minimum absolute atomic E-state index is 0.446. The number of benzene rings is 2. The lowest BCUT2D eigenvalue weighted by Gasteiger charge is -2.14. The summed E-state index contributed by atoms with van der Waals surface area (Å²) in [5.74, 6) is 0.622. The number of rotatable bonds is 4. The lowest BCUT2D eigenvalue weighted by atomic mass is 9.90. The summed E-state index contributed by atoms with van der Waals surface area (Å²) in [6, 6.07) is 19.3. The topological polar surface area (TPSA) is 9.23 Å². The van der Waals surface area contributed by atoms with E-state index in [1.54, 1.807) is 0 Å². The first-order valence-electron chi connectivity index (χ1n) is 7.77. The van der Waals surface area contributed by atoms with Crippen LogP contribution < -0.4 is 0 Å². The highest BCUT2D eigenvalue weighted by molar-refractivity contribution is 5.98. The second-order valence-corrected chi connectivity index (χ2v) is 6.02. The quantitative estimate of drug-likeness (QED) is 0.752. The van der Waals surface area contributed by atoms with Crippen LogP contribution in [-0.4, -0.2) is 16.6 Å². The van der Waals surface area contributed by atoms with Crippen molar-refractivity contribution in [2.75, 3.05) is 0 Å². The molecular formula is C19H28OSi. The average molecular weight is 301 g/mol. The summed E-state index contributed by atoms with van der Waals surface area (Å²) in [6.45, 7) is 8.61. The van der Waals surface area contributed by atoms with E-state index < -0.39 is 0 Å². The zero-order chi connectivity index (χ0) is 15.7. The van der Waals surface area contributed by atoms with Crippen LogP contribution in [-0.2, 0) is 4.43 Å². The van der Waals surface area contributed by atoms with Gasteiger partial charge in [0.2, 0.25) is 0 Å². The van der Waals surface area contributed by atoms with Crippen molar-refractivity contribution in [3.05, 3.63) is 60.2 Å². The second-order valence-electron chi connectivity index (χ2n) is 5.55. The molecule has 2 rings (SSSR count). The van der Waals surface area contributed by atoms with Gasteiger partial charge in [0, 0.05) is 6.10 Å². The van der Waals surface area contributed by atoms with Gasteiger partial charge in [0.15, 0.2) is 0 Å². The molecule has 0 aromatic heterocycles. The van der Waals surface area contributed by atoms with Gasteiger partial charge in [-0.3, -0.25) is 0 Å². The largest absolute Gasteiger partial charge is 0.426 e. The molecule has 0 saturated carbocycles. The molecular weight excluding hydrogens is 272 g/mol. The molecule has 0 aliphatic carbocycles. The van der Waals surface area contributed by atoms with Crippen LogP contribution in [0.2, 0.25) is 0 Å². The molecule has 0 heterocycles. The molecule has 2 aromatic rings. The van der Waals surface area contributed by atoms with Crippen LogP contribution in [0.15, 0.2) is 54.6 Å². The van der Waals surface area contributed by atoms with Gasteiger partial charge in [-0.1, -0.05) is 68.4 Å². The van der Waals surface area contributed by atoms with E-state index in [-0.39, 0.29) is 0 Å². The van der Waals surface area contributed by atoms with Crippen molar-refractivity contribution < 1.29 is 4.43 Å². The highest BCUT2D eigenvalue weighted by atomic mass is 28.2. The smallest absolute Gasteiger partial charge is 0.146 e. The minimum Gasteiger partial charge on any atom is -0.426 e. The Morgan fingerprint density at radius 3 is 1.95 bits per heavy atom. The van der Waals surface area contributed by atoms with Gasteiger partial charge in [0.1, 0.15) is 10.5 Å². The molecule has 21 heavy (non-hydrogen) atoms. The Balaban J connectivity index is 0.000000383. The van der Waals surface area contributed by atoms with E-state index in [4.69, 9.17) is 4.43 Å². The zero-order valence-electron chi connectivity index (χ0n) is 14.0. The van der Waals surface area contributed by atoms with Crippen molar-refractivity contribution in [2.45, 2.75) is 46.1 Å². The lowest BCUT2D eigenvalue weighted by Crippen LogP contribution is -1.95. The Kier molecular flexibility index (Phi) is 8.02. The normalized spacial score (nSPS) is 11.9. The molecule has 0 amide bonds. The Hall–Kier alpha value is -1.38. The van der Waals surface area contributed by atoms with Crippen molar-refractivity contribution in [2.24, 2.45) is 0 Å². The number of hydrogen-bond donors (Lipinski definition) is 0. The Morgan fingerprint density at radius 1 is 0.905 bits per heavy atom. The van der Waals surface area contributed by atoms with E-state index in [0.29, 0.717) is 12.0 Å². The van der Waals surface area contributed by atoms with Gasteiger partial charge in [-0.15, -0.1) is 0 Å². The second kappa shape index (κ2) is 9.53. The molecule has 0 spiro atoms. The molecule has 0 bridgehead atoms. The SMILES string of the molecule is CC(C)O[SiH3].CCC(C)c1ccccc1-c1ccccc1. The molecule has 2 heteroatoms. The van der Waals surface area contributed by atoms with Crippen LogP contribution in [0.5, 0.6) is 0 Å². The van der Waals surface area contributed by atoms with Crippen LogP contribution in [0.4, 0.5) is 0 Å². The van der Waals surface area contributed by atoms with Crippen molar-refractivity contribution >= 4 is 10.5 Å². The molecule has 0 aliphatic heterocycles. The van der Waals surface area contributed by atoms with Crippen molar-refractivity contribution in [3.63, 3.8) is 0 Å². The molecule has 1 nitrogen and oxygen atoms in total. The summed E-state index contributed by atoms with van der Waals surface area (Å²) in [6.07, 6.45) is 1.63.